The average Bonchev–Trinajstić information content (AvgIpc) is 2.93. The fraction of sp³-hybridized carbons (Fsp3) is 0.158. The van der Waals surface area contributed by atoms with Gasteiger partial charge in [-0.05, 0) is 48.3 Å². The van der Waals surface area contributed by atoms with Crippen molar-refractivity contribution in [2.24, 2.45) is 0 Å². The molecule has 0 saturated heterocycles. The zero-order valence-corrected chi connectivity index (χ0v) is 12.4. The first-order valence-electron chi connectivity index (χ1n) is 7.50. The minimum atomic E-state index is -0.139. The van der Waals surface area contributed by atoms with E-state index in [9.17, 15) is 4.79 Å². The van der Waals surface area contributed by atoms with E-state index < -0.39 is 0 Å². The Hall–Kier alpha value is -2.68. The lowest BCUT2D eigenvalue weighted by molar-refractivity contribution is 0.772. The van der Waals surface area contributed by atoms with Crippen LogP contribution < -0.4 is 5.56 Å². The summed E-state index contributed by atoms with van der Waals surface area (Å²) in [4.78, 5) is 16.6. The molecule has 0 bridgehead atoms. The van der Waals surface area contributed by atoms with Gasteiger partial charge in [-0.15, -0.1) is 0 Å². The molecule has 1 aromatic heterocycles. The molecule has 0 atom stereocenters. The van der Waals surface area contributed by atoms with E-state index >= 15 is 0 Å². The first-order chi connectivity index (χ1) is 10.7. The summed E-state index contributed by atoms with van der Waals surface area (Å²) in [6.07, 6.45) is 3.07. The molecule has 0 aliphatic carbocycles. The molecule has 3 aromatic rings. The number of allylic oxidation sites excluding steroid dienone is 1. The second-order valence-corrected chi connectivity index (χ2v) is 5.69. The normalized spacial score (nSPS) is 15.4. The third kappa shape index (κ3) is 1.98. The third-order valence-electron chi connectivity index (χ3n) is 4.30. The molecule has 2 aromatic carbocycles. The van der Waals surface area contributed by atoms with Crippen molar-refractivity contribution in [1.29, 1.82) is 0 Å². The molecule has 1 aliphatic rings. The van der Waals surface area contributed by atoms with Gasteiger partial charge < -0.3 is 4.57 Å². The largest absolute Gasteiger partial charge is 0.325 e. The van der Waals surface area contributed by atoms with Gasteiger partial charge in [0.1, 0.15) is 5.82 Å². The van der Waals surface area contributed by atoms with Gasteiger partial charge in [0.2, 0.25) is 0 Å². The molecule has 4 rings (SSSR count). The highest BCUT2D eigenvalue weighted by molar-refractivity contribution is 5.86. The molecule has 0 N–H and O–H groups in total. The van der Waals surface area contributed by atoms with E-state index in [4.69, 9.17) is 0 Å². The maximum absolute atomic E-state index is 12.3. The van der Waals surface area contributed by atoms with Crippen LogP contribution in [0.2, 0.25) is 0 Å². The summed E-state index contributed by atoms with van der Waals surface area (Å²) in [7, 11) is 0. The first kappa shape index (κ1) is 13.0. The second kappa shape index (κ2) is 4.95. The van der Waals surface area contributed by atoms with Crippen molar-refractivity contribution in [3.63, 3.8) is 0 Å². The Morgan fingerprint density at radius 2 is 1.86 bits per heavy atom. The van der Waals surface area contributed by atoms with Gasteiger partial charge in [0, 0.05) is 6.54 Å². The maximum Gasteiger partial charge on any atom is 0.281 e. The Morgan fingerprint density at radius 1 is 1.09 bits per heavy atom. The molecular weight excluding hydrogens is 272 g/mol. The summed E-state index contributed by atoms with van der Waals surface area (Å²) in [6.45, 7) is 2.98. The van der Waals surface area contributed by atoms with E-state index in [-0.39, 0.29) is 5.56 Å². The van der Waals surface area contributed by atoms with Gasteiger partial charge in [0.15, 0.2) is 0 Å². The molecule has 3 nitrogen and oxygen atoms in total. The highest BCUT2D eigenvalue weighted by Gasteiger charge is 2.20. The summed E-state index contributed by atoms with van der Waals surface area (Å²) < 4.78 is 2.15. The van der Waals surface area contributed by atoms with Gasteiger partial charge in [-0.1, -0.05) is 36.4 Å². The van der Waals surface area contributed by atoms with Crippen molar-refractivity contribution in [2.75, 3.05) is 0 Å². The van der Waals surface area contributed by atoms with Gasteiger partial charge in [0.05, 0.1) is 10.9 Å². The molecule has 3 heteroatoms. The predicted molar refractivity (Wildman–Crippen MR) is 89.7 cm³/mol. The van der Waals surface area contributed by atoms with Crippen molar-refractivity contribution < 1.29 is 0 Å². The fourth-order valence-electron chi connectivity index (χ4n) is 3.11. The number of fused-ring (bicyclic) bond motifs is 3. The zero-order chi connectivity index (χ0) is 15.1. The highest BCUT2D eigenvalue weighted by Crippen LogP contribution is 2.29. The van der Waals surface area contributed by atoms with Crippen molar-refractivity contribution in [3.05, 3.63) is 75.8 Å². The summed E-state index contributed by atoms with van der Waals surface area (Å²) >= 11 is 0. The summed E-state index contributed by atoms with van der Waals surface area (Å²) in [5.41, 5.74) is 4.40. The van der Waals surface area contributed by atoms with Crippen LogP contribution in [-0.2, 0) is 6.54 Å². The van der Waals surface area contributed by atoms with Gasteiger partial charge in [-0.25, -0.2) is 0 Å². The lowest BCUT2D eigenvalue weighted by Crippen LogP contribution is -2.14. The number of aryl methyl sites for hydroxylation is 2. The smallest absolute Gasteiger partial charge is 0.281 e. The van der Waals surface area contributed by atoms with Crippen LogP contribution in [-0.4, -0.2) is 9.55 Å². The highest BCUT2D eigenvalue weighted by atomic mass is 16.1. The average molecular weight is 288 g/mol. The number of aromatic nitrogens is 2. The molecular formula is C19H16N2O. The van der Waals surface area contributed by atoms with Gasteiger partial charge in [0.25, 0.3) is 5.56 Å². The number of hydrogen-bond acceptors (Lipinski definition) is 2. The molecule has 108 valence electrons. The number of para-hydroxylation sites is 1. The van der Waals surface area contributed by atoms with E-state index in [1.165, 1.54) is 11.1 Å². The Kier molecular flexibility index (Phi) is 2.93. The Labute approximate surface area is 128 Å². The van der Waals surface area contributed by atoms with Gasteiger partial charge in [-0.3, -0.25) is 4.79 Å². The van der Waals surface area contributed by atoms with E-state index in [1.54, 1.807) is 0 Å². The summed E-state index contributed by atoms with van der Waals surface area (Å²) in [6, 6.07) is 16.0. The quantitative estimate of drug-likeness (QED) is 0.685. The van der Waals surface area contributed by atoms with E-state index in [1.807, 2.05) is 36.4 Å². The molecule has 0 amide bonds. The SMILES string of the molecule is Cc1ccccc1/C=C1/CCn2c1nc(=O)c1ccccc12. The Morgan fingerprint density at radius 3 is 2.73 bits per heavy atom. The van der Waals surface area contributed by atoms with Gasteiger partial charge >= 0.3 is 0 Å². The fourth-order valence-corrected chi connectivity index (χ4v) is 3.11. The van der Waals surface area contributed by atoms with Crippen LogP contribution in [0.4, 0.5) is 0 Å². The van der Waals surface area contributed by atoms with E-state index in [2.05, 4.69) is 34.7 Å². The molecule has 0 unspecified atom stereocenters. The molecule has 0 saturated carbocycles. The van der Waals surface area contributed by atoms with Crippen LogP contribution in [0.15, 0.2) is 53.3 Å². The van der Waals surface area contributed by atoms with Crippen LogP contribution >= 0.6 is 0 Å². The van der Waals surface area contributed by atoms with E-state index in [0.29, 0.717) is 5.39 Å². The minimum absolute atomic E-state index is 0.139. The summed E-state index contributed by atoms with van der Waals surface area (Å²) in [5, 5.41) is 0.698. The van der Waals surface area contributed by atoms with Crippen LogP contribution in [0.3, 0.4) is 0 Å². The number of hydrogen-bond donors (Lipinski definition) is 0. The predicted octanol–water partition coefficient (Wildman–Crippen LogP) is 3.65. The zero-order valence-electron chi connectivity index (χ0n) is 12.4. The number of rotatable bonds is 1. The van der Waals surface area contributed by atoms with Crippen molar-refractivity contribution in [3.8, 4) is 0 Å². The monoisotopic (exact) mass is 288 g/mol. The lowest BCUT2D eigenvalue weighted by Gasteiger charge is -2.07. The first-order valence-corrected chi connectivity index (χ1v) is 7.50. The molecule has 0 spiro atoms. The van der Waals surface area contributed by atoms with Crippen molar-refractivity contribution in [2.45, 2.75) is 19.9 Å². The van der Waals surface area contributed by atoms with Crippen LogP contribution in [0.25, 0.3) is 22.6 Å². The topological polar surface area (TPSA) is 34.9 Å². The van der Waals surface area contributed by atoms with Gasteiger partial charge in [-0.2, -0.15) is 4.98 Å². The molecule has 2 heterocycles. The number of benzene rings is 2. The molecule has 0 fully saturated rings. The molecule has 0 radical (unpaired) electrons. The van der Waals surface area contributed by atoms with E-state index in [0.717, 1.165) is 29.9 Å². The van der Waals surface area contributed by atoms with Crippen LogP contribution in [0.1, 0.15) is 23.4 Å². The van der Waals surface area contributed by atoms with Crippen molar-refractivity contribution >= 4 is 22.6 Å². The third-order valence-corrected chi connectivity index (χ3v) is 4.30. The Balaban J connectivity index is 1.94. The lowest BCUT2D eigenvalue weighted by atomic mass is 10.0. The second-order valence-electron chi connectivity index (χ2n) is 5.69. The molecule has 22 heavy (non-hydrogen) atoms. The van der Waals surface area contributed by atoms with Crippen molar-refractivity contribution in [1.82, 2.24) is 9.55 Å². The molecule has 1 aliphatic heterocycles. The maximum atomic E-state index is 12.3. The van der Waals surface area contributed by atoms with Crippen LogP contribution in [0.5, 0.6) is 0 Å². The number of nitrogens with zero attached hydrogens (tertiary/aromatic N) is 2. The Bertz CT molecular complexity index is 967. The summed E-state index contributed by atoms with van der Waals surface area (Å²) in [5.74, 6) is 0.812. The van der Waals surface area contributed by atoms with Crippen LogP contribution in [0, 0.1) is 6.92 Å². The minimum Gasteiger partial charge on any atom is -0.325 e. The standard InChI is InChI=1S/C19H16N2O/c1-13-6-2-3-7-14(13)12-15-10-11-21-17-9-5-4-8-16(17)19(22)20-18(15)21/h2-9,12H,10-11H2,1H3/b15-12-.